The summed E-state index contributed by atoms with van der Waals surface area (Å²) in [6.45, 7) is 6.40. The second-order valence-corrected chi connectivity index (χ2v) is 4.29. The lowest BCUT2D eigenvalue weighted by Crippen LogP contribution is -2.39. The van der Waals surface area contributed by atoms with Crippen molar-refractivity contribution >= 4 is 0 Å². The van der Waals surface area contributed by atoms with Crippen LogP contribution in [0.1, 0.15) is 32.8 Å². The van der Waals surface area contributed by atoms with Gasteiger partial charge in [-0.2, -0.15) is 0 Å². The Bertz CT molecular complexity index is 320. The van der Waals surface area contributed by atoms with Gasteiger partial charge in [-0.15, -0.1) is 0 Å². The third kappa shape index (κ3) is 2.32. The Labute approximate surface area is 92.4 Å². The molecule has 0 aromatic heterocycles. The van der Waals surface area contributed by atoms with Crippen LogP contribution in [0.2, 0.25) is 0 Å². The Morgan fingerprint density at radius 3 is 2.53 bits per heavy atom. The minimum absolute atomic E-state index is 0.332. The average molecular weight is 207 g/mol. The molecule has 0 amide bonds. The van der Waals surface area contributed by atoms with Crippen molar-refractivity contribution in [1.82, 2.24) is 0 Å². The van der Waals surface area contributed by atoms with Crippen LogP contribution in [-0.2, 0) is 5.54 Å². The summed E-state index contributed by atoms with van der Waals surface area (Å²) in [5, 5.41) is 0. The quantitative estimate of drug-likeness (QED) is 0.824. The van der Waals surface area contributed by atoms with Crippen molar-refractivity contribution in [3.63, 3.8) is 0 Å². The van der Waals surface area contributed by atoms with E-state index in [-0.39, 0.29) is 5.54 Å². The molecule has 84 valence electrons. The van der Waals surface area contributed by atoms with E-state index in [1.165, 1.54) is 0 Å². The highest BCUT2D eigenvalue weighted by molar-refractivity contribution is 5.38. The number of methoxy groups -OCH3 is 1. The summed E-state index contributed by atoms with van der Waals surface area (Å²) in [7, 11) is 1.69. The Morgan fingerprint density at radius 1 is 1.40 bits per heavy atom. The Balaban J connectivity index is 3.13. The Kier molecular flexibility index (Phi) is 3.75. The number of benzene rings is 1. The van der Waals surface area contributed by atoms with Gasteiger partial charge in [0, 0.05) is 11.1 Å². The number of hydrogen-bond donors (Lipinski definition) is 1. The molecule has 2 atom stereocenters. The minimum Gasteiger partial charge on any atom is -0.496 e. The highest BCUT2D eigenvalue weighted by atomic mass is 16.5. The van der Waals surface area contributed by atoms with Crippen LogP contribution in [0.3, 0.4) is 0 Å². The van der Waals surface area contributed by atoms with E-state index < -0.39 is 0 Å². The molecule has 0 saturated carbocycles. The van der Waals surface area contributed by atoms with E-state index >= 15 is 0 Å². The summed E-state index contributed by atoms with van der Waals surface area (Å²) in [6.07, 6.45) is 1.06. The zero-order valence-corrected chi connectivity index (χ0v) is 10.1. The van der Waals surface area contributed by atoms with E-state index in [9.17, 15) is 0 Å². The molecule has 0 spiro atoms. The van der Waals surface area contributed by atoms with Crippen molar-refractivity contribution in [2.45, 2.75) is 32.7 Å². The molecule has 2 nitrogen and oxygen atoms in total. The Hall–Kier alpha value is -1.02. The molecule has 0 aliphatic carbocycles. The first-order valence-electron chi connectivity index (χ1n) is 5.46. The van der Waals surface area contributed by atoms with E-state index in [1.54, 1.807) is 7.11 Å². The lowest BCUT2D eigenvalue weighted by Gasteiger charge is -2.32. The summed E-state index contributed by atoms with van der Waals surface area (Å²) in [6, 6.07) is 7.98. The maximum Gasteiger partial charge on any atom is 0.123 e. The predicted octanol–water partition coefficient (Wildman–Crippen LogP) is 2.92. The van der Waals surface area contributed by atoms with Crippen LogP contribution >= 0.6 is 0 Å². The number of ether oxygens (including phenoxy) is 1. The third-order valence-electron chi connectivity index (χ3n) is 3.32. The van der Waals surface area contributed by atoms with Crippen LogP contribution in [0, 0.1) is 5.92 Å². The van der Waals surface area contributed by atoms with Crippen LogP contribution in [-0.4, -0.2) is 7.11 Å². The first-order chi connectivity index (χ1) is 7.04. The number of rotatable bonds is 4. The molecule has 0 aliphatic rings. The van der Waals surface area contributed by atoms with Crippen LogP contribution < -0.4 is 10.5 Å². The van der Waals surface area contributed by atoms with E-state index in [1.807, 2.05) is 24.3 Å². The smallest absolute Gasteiger partial charge is 0.123 e. The fraction of sp³-hybridized carbons (Fsp3) is 0.538. The summed E-state index contributed by atoms with van der Waals surface area (Å²) < 4.78 is 5.35. The monoisotopic (exact) mass is 207 g/mol. The minimum atomic E-state index is -0.332. The normalized spacial score (nSPS) is 16.9. The maximum atomic E-state index is 6.39. The van der Waals surface area contributed by atoms with Gasteiger partial charge in [0.1, 0.15) is 5.75 Å². The highest BCUT2D eigenvalue weighted by Gasteiger charge is 2.29. The van der Waals surface area contributed by atoms with Crippen LogP contribution in [0.4, 0.5) is 0 Å². The van der Waals surface area contributed by atoms with Crippen LogP contribution in [0.25, 0.3) is 0 Å². The molecular formula is C13H21NO. The van der Waals surface area contributed by atoms with Crippen molar-refractivity contribution < 1.29 is 4.74 Å². The van der Waals surface area contributed by atoms with Crippen molar-refractivity contribution in [1.29, 1.82) is 0 Å². The summed E-state index contributed by atoms with van der Waals surface area (Å²) >= 11 is 0. The lowest BCUT2D eigenvalue weighted by atomic mass is 9.80. The second kappa shape index (κ2) is 4.67. The molecule has 0 bridgehead atoms. The summed E-state index contributed by atoms with van der Waals surface area (Å²) in [5.74, 6) is 1.30. The first-order valence-corrected chi connectivity index (χ1v) is 5.46. The van der Waals surface area contributed by atoms with Crippen molar-refractivity contribution in [2.75, 3.05) is 7.11 Å². The van der Waals surface area contributed by atoms with Gasteiger partial charge in [-0.1, -0.05) is 38.5 Å². The molecule has 0 heterocycles. The van der Waals surface area contributed by atoms with Gasteiger partial charge in [0.05, 0.1) is 7.11 Å². The molecule has 2 unspecified atom stereocenters. The maximum absolute atomic E-state index is 6.39. The molecule has 0 saturated heterocycles. The third-order valence-corrected chi connectivity index (χ3v) is 3.32. The molecule has 0 fully saturated rings. The van der Waals surface area contributed by atoms with E-state index in [4.69, 9.17) is 10.5 Å². The molecule has 1 aromatic rings. The van der Waals surface area contributed by atoms with E-state index in [0.717, 1.165) is 17.7 Å². The summed E-state index contributed by atoms with van der Waals surface area (Å²) in [4.78, 5) is 0. The van der Waals surface area contributed by atoms with Crippen molar-refractivity contribution in [2.24, 2.45) is 11.7 Å². The molecule has 0 aliphatic heterocycles. The number of hydrogen-bond acceptors (Lipinski definition) is 2. The zero-order chi connectivity index (χ0) is 11.5. The molecule has 2 N–H and O–H groups in total. The molecule has 1 aromatic carbocycles. The van der Waals surface area contributed by atoms with Gasteiger partial charge >= 0.3 is 0 Å². The van der Waals surface area contributed by atoms with Gasteiger partial charge in [-0.3, -0.25) is 0 Å². The molecule has 2 heteroatoms. The predicted molar refractivity (Wildman–Crippen MR) is 64.0 cm³/mol. The van der Waals surface area contributed by atoms with E-state index in [0.29, 0.717) is 5.92 Å². The van der Waals surface area contributed by atoms with Gasteiger partial charge in [-0.05, 0) is 18.9 Å². The number of nitrogens with two attached hydrogens (primary N) is 1. The molecular weight excluding hydrogens is 186 g/mol. The lowest BCUT2D eigenvalue weighted by molar-refractivity contribution is 0.300. The van der Waals surface area contributed by atoms with Gasteiger partial charge in [0.15, 0.2) is 0 Å². The van der Waals surface area contributed by atoms with Crippen molar-refractivity contribution in [3.05, 3.63) is 29.8 Å². The zero-order valence-electron chi connectivity index (χ0n) is 10.1. The van der Waals surface area contributed by atoms with Gasteiger partial charge in [-0.25, -0.2) is 0 Å². The first kappa shape index (κ1) is 12.1. The highest BCUT2D eigenvalue weighted by Crippen LogP contribution is 2.34. The molecule has 1 rings (SSSR count). The second-order valence-electron chi connectivity index (χ2n) is 4.29. The SMILES string of the molecule is CCC(C)C(C)(N)c1ccccc1OC. The number of para-hydroxylation sites is 1. The standard InChI is InChI=1S/C13H21NO/c1-5-10(2)13(3,14)11-8-6-7-9-12(11)15-4/h6-10H,5,14H2,1-4H3. The van der Waals surface area contributed by atoms with Gasteiger partial charge in [0.2, 0.25) is 0 Å². The molecule has 15 heavy (non-hydrogen) atoms. The topological polar surface area (TPSA) is 35.2 Å². The largest absolute Gasteiger partial charge is 0.496 e. The van der Waals surface area contributed by atoms with Crippen LogP contribution in [0.5, 0.6) is 5.75 Å². The van der Waals surface area contributed by atoms with Gasteiger partial charge < -0.3 is 10.5 Å². The summed E-state index contributed by atoms with van der Waals surface area (Å²) in [5.41, 5.74) is 7.14. The van der Waals surface area contributed by atoms with Gasteiger partial charge in [0.25, 0.3) is 0 Å². The van der Waals surface area contributed by atoms with Crippen LogP contribution in [0.15, 0.2) is 24.3 Å². The molecule has 0 radical (unpaired) electrons. The Morgan fingerprint density at radius 2 is 2.00 bits per heavy atom. The fourth-order valence-electron chi connectivity index (χ4n) is 1.78. The fourth-order valence-corrected chi connectivity index (χ4v) is 1.78. The van der Waals surface area contributed by atoms with E-state index in [2.05, 4.69) is 20.8 Å². The van der Waals surface area contributed by atoms with Crippen molar-refractivity contribution in [3.8, 4) is 5.75 Å². The average Bonchev–Trinajstić information content (AvgIpc) is 2.27.